The van der Waals surface area contributed by atoms with Crippen molar-refractivity contribution in [3.8, 4) is 5.69 Å². The minimum Gasteiger partial charge on any atom is -0.322 e. The topological polar surface area (TPSA) is 79.2 Å². The van der Waals surface area contributed by atoms with E-state index in [1.807, 2.05) is 29.2 Å². The number of carbonyl (C=O) groups is 1. The number of hydrogen-bond donors (Lipinski definition) is 1. The van der Waals surface area contributed by atoms with Gasteiger partial charge in [0.1, 0.15) is 0 Å². The summed E-state index contributed by atoms with van der Waals surface area (Å²) in [5.41, 5.74) is 4.31. The molecule has 8 nitrogen and oxygen atoms in total. The lowest BCUT2D eigenvalue weighted by Crippen LogP contribution is -2.49. The molecule has 168 valence electrons. The van der Waals surface area contributed by atoms with Crippen LogP contribution in [0.1, 0.15) is 37.7 Å². The molecular formula is C24H31N7O. The molecule has 1 aliphatic heterocycles. The summed E-state index contributed by atoms with van der Waals surface area (Å²) in [5.74, 6) is 0.797. The SMILES string of the molecule is Cc1ccc(-n2nnnc2CN2CCN(C(=O)Nc3ccc(C(C)(C)C)cc3)CC2)cc1. The van der Waals surface area contributed by atoms with Crippen molar-refractivity contribution < 1.29 is 4.79 Å². The quantitative estimate of drug-likeness (QED) is 0.680. The van der Waals surface area contributed by atoms with Crippen LogP contribution in [0.5, 0.6) is 0 Å². The van der Waals surface area contributed by atoms with Gasteiger partial charge in [-0.3, -0.25) is 4.90 Å². The number of nitrogens with one attached hydrogen (secondary N) is 1. The first kappa shape index (κ1) is 22.0. The molecular weight excluding hydrogens is 402 g/mol. The summed E-state index contributed by atoms with van der Waals surface area (Å²) in [5, 5.41) is 15.2. The molecule has 0 atom stereocenters. The molecule has 1 aromatic heterocycles. The standard InChI is InChI=1S/C24H31N7O/c1-18-5-11-21(12-6-18)31-22(26-27-28-31)17-29-13-15-30(16-14-29)23(32)25-20-9-7-19(8-10-20)24(2,3)4/h5-12H,13-17H2,1-4H3,(H,25,32). The molecule has 4 rings (SSSR count). The largest absolute Gasteiger partial charge is 0.322 e. The second-order valence-electron chi connectivity index (χ2n) is 9.36. The van der Waals surface area contributed by atoms with Crippen LogP contribution in [0.15, 0.2) is 48.5 Å². The number of benzene rings is 2. The van der Waals surface area contributed by atoms with Crippen LogP contribution in [0.25, 0.3) is 5.69 Å². The molecule has 2 amide bonds. The first-order valence-electron chi connectivity index (χ1n) is 11.0. The maximum atomic E-state index is 12.7. The van der Waals surface area contributed by atoms with Crippen LogP contribution < -0.4 is 5.32 Å². The van der Waals surface area contributed by atoms with Gasteiger partial charge in [0, 0.05) is 31.9 Å². The summed E-state index contributed by atoms with van der Waals surface area (Å²) < 4.78 is 1.78. The van der Waals surface area contributed by atoms with Crippen molar-refractivity contribution in [2.75, 3.05) is 31.5 Å². The Labute approximate surface area is 189 Å². The van der Waals surface area contributed by atoms with Gasteiger partial charge in [0.15, 0.2) is 5.82 Å². The molecule has 0 bridgehead atoms. The van der Waals surface area contributed by atoms with Crippen molar-refractivity contribution in [1.82, 2.24) is 30.0 Å². The summed E-state index contributed by atoms with van der Waals surface area (Å²) in [7, 11) is 0. The monoisotopic (exact) mass is 433 g/mol. The fraction of sp³-hybridized carbons (Fsp3) is 0.417. The van der Waals surface area contributed by atoms with E-state index in [1.165, 1.54) is 11.1 Å². The molecule has 0 saturated carbocycles. The van der Waals surface area contributed by atoms with Crippen molar-refractivity contribution in [1.29, 1.82) is 0 Å². The average molecular weight is 434 g/mol. The van der Waals surface area contributed by atoms with Gasteiger partial charge < -0.3 is 10.2 Å². The maximum Gasteiger partial charge on any atom is 0.321 e. The van der Waals surface area contributed by atoms with Crippen LogP contribution in [-0.4, -0.2) is 62.2 Å². The van der Waals surface area contributed by atoms with Gasteiger partial charge in [0.05, 0.1) is 12.2 Å². The molecule has 1 N–H and O–H groups in total. The third-order valence-corrected chi connectivity index (χ3v) is 5.84. The molecule has 0 radical (unpaired) electrons. The first-order chi connectivity index (χ1) is 15.3. The van der Waals surface area contributed by atoms with E-state index in [9.17, 15) is 4.79 Å². The smallest absolute Gasteiger partial charge is 0.321 e. The van der Waals surface area contributed by atoms with E-state index in [2.05, 4.69) is 77.7 Å². The predicted octanol–water partition coefficient (Wildman–Crippen LogP) is 3.62. The number of hydrogen-bond acceptors (Lipinski definition) is 5. The van der Waals surface area contributed by atoms with Gasteiger partial charge in [0.2, 0.25) is 0 Å². The van der Waals surface area contributed by atoms with E-state index in [0.717, 1.165) is 30.3 Å². The van der Waals surface area contributed by atoms with E-state index in [0.29, 0.717) is 19.6 Å². The normalized spacial score (nSPS) is 15.1. The van der Waals surface area contributed by atoms with E-state index >= 15 is 0 Å². The fourth-order valence-electron chi connectivity index (χ4n) is 3.76. The van der Waals surface area contributed by atoms with Crippen molar-refractivity contribution in [3.63, 3.8) is 0 Å². The van der Waals surface area contributed by atoms with Crippen LogP contribution in [-0.2, 0) is 12.0 Å². The highest BCUT2D eigenvalue weighted by Crippen LogP contribution is 2.23. The number of aryl methyl sites for hydroxylation is 1. The Balaban J connectivity index is 1.31. The second-order valence-corrected chi connectivity index (χ2v) is 9.36. The highest BCUT2D eigenvalue weighted by Gasteiger charge is 2.23. The molecule has 0 spiro atoms. The van der Waals surface area contributed by atoms with E-state index < -0.39 is 0 Å². The number of aromatic nitrogens is 4. The Morgan fingerprint density at radius 3 is 2.25 bits per heavy atom. The Morgan fingerprint density at radius 1 is 0.969 bits per heavy atom. The van der Waals surface area contributed by atoms with Crippen LogP contribution in [0.3, 0.4) is 0 Å². The van der Waals surface area contributed by atoms with E-state index in [4.69, 9.17) is 0 Å². The van der Waals surface area contributed by atoms with E-state index in [1.54, 1.807) is 4.68 Å². The Morgan fingerprint density at radius 2 is 1.62 bits per heavy atom. The summed E-state index contributed by atoms with van der Waals surface area (Å²) >= 11 is 0. The number of piperazine rings is 1. The molecule has 8 heteroatoms. The highest BCUT2D eigenvalue weighted by atomic mass is 16.2. The first-order valence-corrected chi connectivity index (χ1v) is 11.0. The number of anilines is 1. The number of tetrazole rings is 1. The predicted molar refractivity (Wildman–Crippen MR) is 125 cm³/mol. The van der Waals surface area contributed by atoms with Crippen molar-refractivity contribution in [3.05, 3.63) is 65.5 Å². The van der Waals surface area contributed by atoms with Gasteiger partial charge in [-0.15, -0.1) is 5.10 Å². The van der Waals surface area contributed by atoms with Crippen LogP contribution in [0, 0.1) is 6.92 Å². The Bertz CT molecular complexity index is 1040. The van der Waals surface area contributed by atoms with Gasteiger partial charge >= 0.3 is 6.03 Å². The molecule has 1 saturated heterocycles. The van der Waals surface area contributed by atoms with Gasteiger partial charge in [0.25, 0.3) is 0 Å². The molecule has 0 aliphatic carbocycles. The highest BCUT2D eigenvalue weighted by molar-refractivity contribution is 5.89. The third kappa shape index (κ3) is 5.13. The Kier molecular flexibility index (Phi) is 6.23. The minimum absolute atomic E-state index is 0.0577. The molecule has 1 fully saturated rings. The summed E-state index contributed by atoms with van der Waals surface area (Å²) in [6, 6.07) is 16.2. The number of carbonyl (C=O) groups excluding carboxylic acids is 1. The van der Waals surface area contributed by atoms with Gasteiger partial charge in [-0.1, -0.05) is 50.6 Å². The average Bonchev–Trinajstić information content (AvgIpc) is 3.22. The van der Waals surface area contributed by atoms with Crippen LogP contribution in [0.4, 0.5) is 10.5 Å². The molecule has 0 unspecified atom stereocenters. The lowest BCUT2D eigenvalue weighted by molar-refractivity contribution is 0.140. The zero-order valence-corrected chi connectivity index (χ0v) is 19.2. The number of urea groups is 1. The van der Waals surface area contributed by atoms with E-state index in [-0.39, 0.29) is 11.4 Å². The number of amides is 2. The van der Waals surface area contributed by atoms with Gasteiger partial charge in [-0.05, 0) is 52.6 Å². The number of nitrogens with zero attached hydrogens (tertiary/aromatic N) is 6. The summed E-state index contributed by atoms with van der Waals surface area (Å²) in [6.07, 6.45) is 0. The molecule has 2 aromatic carbocycles. The maximum absolute atomic E-state index is 12.7. The zero-order valence-electron chi connectivity index (χ0n) is 19.2. The lowest BCUT2D eigenvalue weighted by Gasteiger charge is -2.34. The number of rotatable bonds is 4. The third-order valence-electron chi connectivity index (χ3n) is 5.84. The second kappa shape index (κ2) is 9.08. The molecule has 2 heterocycles. The van der Waals surface area contributed by atoms with Crippen LogP contribution in [0.2, 0.25) is 0 Å². The van der Waals surface area contributed by atoms with Crippen molar-refractivity contribution >= 4 is 11.7 Å². The van der Waals surface area contributed by atoms with Crippen LogP contribution >= 0.6 is 0 Å². The Hall–Kier alpha value is -3.26. The molecule has 32 heavy (non-hydrogen) atoms. The molecule has 3 aromatic rings. The van der Waals surface area contributed by atoms with Gasteiger partial charge in [-0.25, -0.2) is 4.79 Å². The van der Waals surface area contributed by atoms with Crippen molar-refractivity contribution in [2.45, 2.75) is 39.7 Å². The zero-order chi connectivity index (χ0) is 22.7. The lowest BCUT2D eigenvalue weighted by atomic mass is 9.87. The summed E-state index contributed by atoms with van der Waals surface area (Å²) in [6.45, 7) is 12.1. The minimum atomic E-state index is -0.0577. The van der Waals surface area contributed by atoms with Crippen molar-refractivity contribution in [2.24, 2.45) is 0 Å². The fourth-order valence-corrected chi connectivity index (χ4v) is 3.76. The summed E-state index contributed by atoms with van der Waals surface area (Å²) in [4.78, 5) is 16.8. The van der Waals surface area contributed by atoms with Gasteiger partial charge in [-0.2, -0.15) is 4.68 Å². The molecule has 1 aliphatic rings.